The van der Waals surface area contributed by atoms with Gasteiger partial charge in [0.2, 0.25) is 0 Å². The lowest BCUT2D eigenvalue weighted by molar-refractivity contribution is -0.138. The van der Waals surface area contributed by atoms with E-state index in [-0.39, 0.29) is 5.41 Å². The van der Waals surface area contributed by atoms with Crippen LogP contribution in [0.5, 0.6) is 0 Å². The highest BCUT2D eigenvalue weighted by Gasteiger charge is 2.34. The topological polar surface area (TPSA) is 12.9 Å². The van der Waals surface area contributed by atoms with Crippen molar-refractivity contribution < 1.29 is 13.2 Å². The molecule has 0 aliphatic carbocycles. The Labute approximate surface area is 87.3 Å². The SMILES string of the molecule is CC(C)(C)Cc1ccncc1C(F)(F)F. The minimum Gasteiger partial charge on any atom is -0.264 e. The molecule has 0 atom stereocenters. The summed E-state index contributed by atoms with van der Waals surface area (Å²) in [4.78, 5) is 3.52. The van der Waals surface area contributed by atoms with Gasteiger partial charge < -0.3 is 0 Å². The van der Waals surface area contributed by atoms with E-state index in [1.54, 1.807) is 0 Å². The van der Waals surface area contributed by atoms with Gasteiger partial charge in [0.05, 0.1) is 5.56 Å². The van der Waals surface area contributed by atoms with Gasteiger partial charge in [-0.25, -0.2) is 0 Å². The molecule has 0 saturated heterocycles. The predicted molar refractivity (Wildman–Crippen MR) is 52.4 cm³/mol. The van der Waals surface area contributed by atoms with E-state index in [0.717, 1.165) is 6.20 Å². The van der Waals surface area contributed by atoms with E-state index in [4.69, 9.17) is 0 Å². The summed E-state index contributed by atoms with van der Waals surface area (Å²) < 4.78 is 37.8. The lowest BCUT2D eigenvalue weighted by atomic mass is 9.87. The van der Waals surface area contributed by atoms with Crippen LogP contribution < -0.4 is 0 Å². The van der Waals surface area contributed by atoms with Crippen LogP contribution in [0.15, 0.2) is 18.5 Å². The highest BCUT2D eigenvalue weighted by atomic mass is 19.4. The number of nitrogens with zero attached hydrogens (tertiary/aromatic N) is 1. The number of pyridine rings is 1. The van der Waals surface area contributed by atoms with Crippen LogP contribution in [0.2, 0.25) is 0 Å². The van der Waals surface area contributed by atoms with Crippen LogP contribution in [0.25, 0.3) is 0 Å². The summed E-state index contributed by atoms with van der Waals surface area (Å²) in [7, 11) is 0. The molecule has 0 amide bonds. The summed E-state index contributed by atoms with van der Waals surface area (Å²) in [6, 6.07) is 1.44. The third-order valence-corrected chi connectivity index (χ3v) is 1.94. The zero-order chi connectivity index (χ0) is 11.7. The van der Waals surface area contributed by atoms with Gasteiger partial charge in [0.25, 0.3) is 0 Å². The van der Waals surface area contributed by atoms with Crippen LogP contribution in [-0.4, -0.2) is 4.98 Å². The smallest absolute Gasteiger partial charge is 0.264 e. The van der Waals surface area contributed by atoms with Crippen molar-refractivity contribution in [1.82, 2.24) is 4.98 Å². The van der Waals surface area contributed by atoms with Crippen molar-refractivity contribution in [3.8, 4) is 0 Å². The second-order valence-corrected chi connectivity index (χ2v) is 4.77. The third-order valence-electron chi connectivity index (χ3n) is 1.94. The number of rotatable bonds is 1. The van der Waals surface area contributed by atoms with Crippen molar-refractivity contribution in [1.29, 1.82) is 0 Å². The average molecular weight is 217 g/mol. The van der Waals surface area contributed by atoms with Crippen molar-refractivity contribution in [2.24, 2.45) is 5.41 Å². The lowest BCUT2D eigenvalue weighted by Crippen LogP contribution is -2.15. The first-order valence-corrected chi connectivity index (χ1v) is 4.70. The normalized spacial score (nSPS) is 12.9. The monoisotopic (exact) mass is 217 g/mol. The van der Waals surface area contributed by atoms with Gasteiger partial charge in [0.15, 0.2) is 0 Å². The highest BCUT2D eigenvalue weighted by Crippen LogP contribution is 2.33. The van der Waals surface area contributed by atoms with Gasteiger partial charge in [-0.05, 0) is 23.5 Å². The van der Waals surface area contributed by atoms with Gasteiger partial charge in [-0.15, -0.1) is 0 Å². The maximum Gasteiger partial charge on any atom is 0.418 e. The first kappa shape index (κ1) is 12.0. The van der Waals surface area contributed by atoms with E-state index in [0.29, 0.717) is 12.0 Å². The Bertz CT molecular complexity index is 336. The summed E-state index contributed by atoms with van der Waals surface area (Å²) >= 11 is 0. The Morgan fingerprint density at radius 1 is 1.20 bits per heavy atom. The lowest BCUT2D eigenvalue weighted by Gasteiger charge is -2.20. The van der Waals surface area contributed by atoms with Crippen LogP contribution >= 0.6 is 0 Å². The Morgan fingerprint density at radius 3 is 2.27 bits per heavy atom. The quantitative estimate of drug-likeness (QED) is 0.699. The molecular weight excluding hydrogens is 203 g/mol. The van der Waals surface area contributed by atoms with E-state index in [1.165, 1.54) is 12.3 Å². The Balaban J connectivity index is 3.08. The molecule has 0 fully saturated rings. The first-order chi connectivity index (χ1) is 6.70. The van der Waals surface area contributed by atoms with Gasteiger partial charge in [0.1, 0.15) is 0 Å². The molecule has 0 aliphatic rings. The van der Waals surface area contributed by atoms with E-state index in [2.05, 4.69) is 4.98 Å². The molecule has 0 unspecified atom stereocenters. The molecule has 0 aromatic carbocycles. The molecule has 0 spiro atoms. The minimum absolute atomic E-state index is 0.165. The molecule has 0 bridgehead atoms. The standard InChI is InChI=1S/C11H14F3N/c1-10(2,3)6-8-4-5-15-7-9(8)11(12,13)14/h4-5,7H,6H2,1-3H3. The maximum atomic E-state index is 12.6. The minimum atomic E-state index is -4.31. The number of halogens is 3. The van der Waals surface area contributed by atoms with Gasteiger partial charge in [-0.1, -0.05) is 20.8 Å². The zero-order valence-electron chi connectivity index (χ0n) is 9.02. The summed E-state index contributed by atoms with van der Waals surface area (Å²) in [5.74, 6) is 0. The predicted octanol–water partition coefficient (Wildman–Crippen LogP) is 3.69. The van der Waals surface area contributed by atoms with Crippen LogP contribution in [-0.2, 0) is 12.6 Å². The molecule has 0 N–H and O–H groups in total. The van der Waals surface area contributed by atoms with Crippen LogP contribution in [0, 0.1) is 5.41 Å². The number of hydrogen-bond acceptors (Lipinski definition) is 1. The average Bonchev–Trinajstić information content (AvgIpc) is 1.99. The van der Waals surface area contributed by atoms with Crippen LogP contribution in [0.4, 0.5) is 13.2 Å². The van der Waals surface area contributed by atoms with Crippen molar-refractivity contribution in [2.75, 3.05) is 0 Å². The summed E-state index contributed by atoms with van der Waals surface area (Å²) in [6.07, 6.45) is -1.63. The number of aromatic nitrogens is 1. The fourth-order valence-electron chi connectivity index (χ4n) is 1.40. The third kappa shape index (κ3) is 3.53. The van der Waals surface area contributed by atoms with E-state index >= 15 is 0 Å². The Morgan fingerprint density at radius 2 is 1.80 bits per heavy atom. The molecule has 15 heavy (non-hydrogen) atoms. The Kier molecular flexibility index (Phi) is 3.07. The zero-order valence-corrected chi connectivity index (χ0v) is 9.02. The van der Waals surface area contributed by atoms with Crippen molar-refractivity contribution in [3.05, 3.63) is 29.6 Å². The number of hydrogen-bond donors (Lipinski definition) is 0. The molecular formula is C11H14F3N. The first-order valence-electron chi connectivity index (χ1n) is 4.70. The second-order valence-electron chi connectivity index (χ2n) is 4.77. The van der Waals surface area contributed by atoms with Gasteiger partial charge >= 0.3 is 6.18 Å². The molecule has 4 heteroatoms. The van der Waals surface area contributed by atoms with E-state index in [9.17, 15) is 13.2 Å². The summed E-state index contributed by atoms with van der Waals surface area (Å²) in [5, 5.41) is 0. The molecule has 1 rings (SSSR count). The van der Waals surface area contributed by atoms with Crippen LogP contribution in [0.3, 0.4) is 0 Å². The molecule has 1 aromatic rings. The van der Waals surface area contributed by atoms with E-state index in [1.807, 2.05) is 20.8 Å². The van der Waals surface area contributed by atoms with Gasteiger partial charge in [-0.3, -0.25) is 4.98 Å². The summed E-state index contributed by atoms with van der Waals surface area (Å²) in [6.45, 7) is 5.73. The molecule has 1 nitrogen and oxygen atoms in total. The molecule has 0 saturated carbocycles. The van der Waals surface area contributed by atoms with Crippen molar-refractivity contribution >= 4 is 0 Å². The molecule has 0 radical (unpaired) electrons. The van der Waals surface area contributed by atoms with Gasteiger partial charge in [0, 0.05) is 12.4 Å². The Hall–Kier alpha value is -1.06. The van der Waals surface area contributed by atoms with Crippen molar-refractivity contribution in [2.45, 2.75) is 33.4 Å². The highest BCUT2D eigenvalue weighted by molar-refractivity contribution is 5.26. The van der Waals surface area contributed by atoms with Crippen LogP contribution in [0.1, 0.15) is 31.9 Å². The van der Waals surface area contributed by atoms with Crippen molar-refractivity contribution in [3.63, 3.8) is 0 Å². The second kappa shape index (κ2) is 3.83. The maximum absolute atomic E-state index is 12.6. The van der Waals surface area contributed by atoms with E-state index < -0.39 is 11.7 Å². The molecule has 1 aromatic heterocycles. The molecule has 0 aliphatic heterocycles. The van der Waals surface area contributed by atoms with Gasteiger partial charge in [-0.2, -0.15) is 13.2 Å². The number of alkyl halides is 3. The fourth-order valence-corrected chi connectivity index (χ4v) is 1.40. The molecule has 1 heterocycles. The fraction of sp³-hybridized carbons (Fsp3) is 0.545. The summed E-state index contributed by atoms with van der Waals surface area (Å²) in [5.41, 5.74) is -0.480. The molecule has 84 valence electrons. The largest absolute Gasteiger partial charge is 0.418 e.